The number of carbonyl (C=O) groups excluding carboxylic acids is 1. The van der Waals surface area contributed by atoms with Gasteiger partial charge in [-0.2, -0.15) is 0 Å². The smallest absolute Gasteiger partial charge is 0.164 e. The van der Waals surface area contributed by atoms with E-state index in [-0.39, 0.29) is 5.78 Å². The van der Waals surface area contributed by atoms with E-state index in [1.807, 2.05) is 31.3 Å². The third-order valence-electron chi connectivity index (χ3n) is 3.35. The van der Waals surface area contributed by atoms with E-state index in [0.717, 1.165) is 35.5 Å². The van der Waals surface area contributed by atoms with Gasteiger partial charge in [-0.25, -0.2) is 0 Å². The number of pyridine rings is 1. The van der Waals surface area contributed by atoms with Crippen LogP contribution >= 0.6 is 0 Å². The molecule has 1 aliphatic carbocycles. The maximum Gasteiger partial charge on any atom is 0.164 e. The molecule has 0 radical (unpaired) electrons. The van der Waals surface area contributed by atoms with E-state index in [0.29, 0.717) is 6.42 Å². The lowest BCUT2D eigenvalue weighted by atomic mass is 9.97. The maximum absolute atomic E-state index is 11.8. The summed E-state index contributed by atoms with van der Waals surface area (Å²) < 4.78 is 2.11. The van der Waals surface area contributed by atoms with E-state index in [1.165, 1.54) is 0 Å². The number of Topliss-reactive ketones (excluding diaryl/α,β-unsaturated/α-hetero) is 1. The highest BCUT2D eigenvalue weighted by molar-refractivity contribution is 5.98. The van der Waals surface area contributed by atoms with Crippen molar-refractivity contribution in [2.45, 2.75) is 26.2 Å². The third-order valence-corrected chi connectivity index (χ3v) is 3.35. The van der Waals surface area contributed by atoms with Crippen molar-refractivity contribution in [1.29, 1.82) is 0 Å². The summed E-state index contributed by atoms with van der Waals surface area (Å²) in [6.07, 6.45) is 6.39. The summed E-state index contributed by atoms with van der Waals surface area (Å²) in [5.41, 5.74) is 4.09. The predicted octanol–water partition coefficient (Wildman–Crippen LogP) is 2.70. The molecule has 2 aromatic heterocycles. The highest BCUT2D eigenvalue weighted by Gasteiger charge is 2.21. The van der Waals surface area contributed by atoms with Gasteiger partial charge >= 0.3 is 0 Å². The normalized spacial score (nSPS) is 14.8. The highest BCUT2D eigenvalue weighted by Crippen LogP contribution is 2.25. The van der Waals surface area contributed by atoms with Crippen molar-refractivity contribution >= 4 is 5.78 Å². The average Bonchev–Trinajstić information content (AvgIpc) is 2.75. The van der Waals surface area contributed by atoms with Gasteiger partial charge in [-0.1, -0.05) is 0 Å². The van der Waals surface area contributed by atoms with E-state index >= 15 is 0 Å². The number of hydrogen-bond donors (Lipinski definition) is 0. The molecule has 17 heavy (non-hydrogen) atoms. The van der Waals surface area contributed by atoms with Gasteiger partial charge in [0.1, 0.15) is 0 Å². The monoisotopic (exact) mass is 226 g/mol. The molecule has 86 valence electrons. The second-order valence-corrected chi connectivity index (χ2v) is 4.43. The fourth-order valence-electron chi connectivity index (χ4n) is 2.48. The minimum absolute atomic E-state index is 0.270. The van der Waals surface area contributed by atoms with E-state index in [2.05, 4.69) is 9.55 Å². The average molecular weight is 226 g/mol. The molecule has 0 saturated heterocycles. The summed E-state index contributed by atoms with van der Waals surface area (Å²) in [6, 6.07) is 5.91. The molecule has 0 atom stereocenters. The summed E-state index contributed by atoms with van der Waals surface area (Å²) in [6.45, 7) is 1.99. The first kappa shape index (κ1) is 10.3. The van der Waals surface area contributed by atoms with Gasteiger partial charge in [0.05, 0.1) is 11.4 Å². The minimum Gasteiger partial charge on any atom is -0.318 e. The number of nitrogens with zero attached hydrogens (tertiary/aromatic N) is 2. The maximum atomic E-state index is 11.8. The fourth-order valence-corrected chi connectivity index (χ4v) is 2.48. The molecule has 0 amide bonds. The molecule has 0 aromatic carbocycles. The molecule has 0 bridgehead atoms. The van der Waals surface area contributed by atoms with Crippen LogP contribution in [0.3, 0.4) is 0 Å². The second-order valence-electron chi connectivity index (χ2n) is 4.43. The summed E-state index contributed by atoms with van der Waals surface area (Å²) >= 11 is 0. The van der Waals surface area contributed by atoms with Crippen molar-refractivity contribution in [3.05, 3.63) is 47.5 Å². The Bertz CT molecular complexity index is 584. The van der Waals surface area contributed by atoms with E-state index in [4.69, 9.17) is 0 Å². The Balaban J connectivity index is 2.17. The van der Waals surface area contributed by atoms with Crippen LogP contribution in [-0.4, -0.2) is 15.3 Å². The molecule has 0 unspecified atom stereocenters. The van der Waals surface area contributed by atoms with Crippen molar-refractivity contribution in [3.63, 3.8) is 0 Å². The zero-order valence-electron chi connectivity index (χ0n) is 9.81. The topological polar surface area (TPSA) is 34.9 Å². The van der Waals surface area contributed by atoms with Gasteiger partial charge in [0.2, 0.25) is 0 Å². The Morgan fingerprint density at radius 1 is 1.29 bits per heavy atom. The molecular weight excluding hydrogens is 212 g/mol. The van der Waals surface area contributed by atoms with Crippen LogP contribution in [0.25, 0.3) is 5.69 Å². The molecule has 2 aromatic rings. The van der Waals surface area contributed by atoms with Crippen molar-refractivity contribution < 1.29 is 4.79 Å². The number of aromatic nitrogens is 2. The standard InChI is InChI=1S/C14H14N2O/c1-10-12(5-3-8-15-10)16-9-7-11-13(16)4-2-6-14(11)17/h3,5,7-9H,2,4,6H2,1H3. The summed E-state index contributed by atoms with van der Waals surface area (Å²) in [4.78, 5) is 16.1. The van der Waals surface area contributed by atoms with E-state index < -0.39 is 0 Å². The van der Waals surface area contributed by atoms with Crippen LogP contribution in [0.2, 0.25) is 0 Å². The van der Waals surface area contributed by atoms with Crippen LogP contribution < -0.4 is 0 Å². The molecule has 3 heteroatoms. The molecule has 0 saturated carbocycles. The Kier molecular flexibility index (Phi) is 2.32. The van der Waals surface area contributed by atoms with Gasteiger partial charge in [0, 0.05) is 30.1 Å². The highest BCUT2D eigenvalue weighted by atomic mass is 16.1. The zero-order valence-corrected chi connectivity index (χ0v) is 9.81. The summed E-state index contributed by atoms with van der Waals surface area (Å²) in [5.74, 6) is 0.270. The van der Waals surface area contributed by atoms with Gasteiger partial charge in [-0.3, -0.25) is 9.78 Å². The molecule has 0 aliphatic heterocycles. The van der Waals surface area contributed by atoms with E-state index in [1.54, 1.807) is 6.20 Å². The Morgan fingerprint density at radius 3 is 3.00 bits per heavy atom. The number of carbonyl (C=O) groups is 1. The lowest BCUT2D eigenvalue weighted by molar-refractivity contribution is 0.0972. The van der Waals surface area contributed by atoms with Crippen molar-refractivity contribution in [1.82, 2.24) is 9.55 Å². The quantitative estimate of drug-likeness (QED) is 0.749. The lowest BCUT2D eigenvalue weighted by Crippen LogP contribution is -2.12. The van der Waals surface area contributed by atoms with Crippen molar-refractivity contribution in [2.24, 2.45) is 0 Å². The number of rotatable bonds is 1. The molecule has 0 fully saturated rings. The predicted molar refractivity (Wildman–Crippen MR) is 65.6 cm³/mol. The first-order valence-corrected chi connectivity index (χ1v) is 5.93. The number of ketones is 1. The minimum atomic E-state index is 0.270. The van der Waals surface area contributed by atoms with Gasteiger partial charge < -0.3 is 4.57 Å². The largest absolute Gasteiger partial charge is 0.318 e. The number of hydrogen-bond acceptors (Lipinski definition) is 2. The Morgan fingerprint density at radius 2 is 2.18 bits per heavy atom. The Hall–Kier alpha value is -1.90. The molecular formula is C14H14N2O. The molecule has 0 N–H and O–H groups in total. The van der Waals surface area contributed by atoms with Crippen LogP contribution in [0.5, 0.6) is 0 Å². The van der Waals surface area contributed by atoms with Crippen LogP contribution in [0.1, 0.15) is 34.6 Å². The molecule has 0 spiro atoms. The zero-order chi connectivity index (χ0) is 11.8. The first-order valence-electron chi connectivity index (χ1n) is 5.93. The van der Waals surface area contributed by atoms with Gasteiger partial charge in [-0.05, 0) is 38.0 Å². The molecule has 1 aliphatic rings. The van der Waals surface area contributed by atoms with Crippen molar-refractivity contribution in [2.75, 3.05) is 0 Å². The first-order chi connectivity index (χ1) is 8.27. The lowest BCUT2D eigenvalue weighted by Gasteiger charge is -2.15. The van der Waals surface area contributed by atoms with Gasteiger partial charge in [0.15, 0.2) is 5.78 Å². The van der Waals surface area contributed by atoms with Gasteiger partial charge in [-0.15, -0.1) is 0 Å². The number of fused-ring (bicyclic) bond motifs is 1. The summed E-state index contributed by atoms with van der Waals surface area (Å²) in [7, 11) is 0. The number of aryl methyl sites for hydroxylation is 1. The summed E-state index contributed by atoms with van der Waals surface area (Å²) in [5, 5.41) is 0. The van der Waals surface area contributed by atoms with Gasteiger partial charge in [0.25, 0.3) is 0 Å². The molecule has 3 nitrogen and oxygen atoms in total. The van der Waals surface area contributed by atoms with Crippen LogP contribution in [0, 0.1) is 6.92 Å². The van der Waals surface area contributed by atoms with Crippen LogP contribution in [0.15, 0.2) is 30.6 Å². The van der Waals surface area contributed by atoms with E-state index in [9.17, 15) is 4.79 Å². The Labute approximate surface area is 100 Å². The fraction of sp³-hybridized carbons (Fsp3) is 0.286. The van der Waals surface area contributed by atoms with Crippen LogP contribution in [-0.2, 0) is 6.42 Å². The molecule has 3 rings (SSSR count). The van der Waals surface area contributed by atoms with Crippen LogP contribution in [0.4, 0.5) is 0 Å². The van der Waals surface area contributed by atoms with Crippen molar-refractivity contribution in [3.8, 4) is 5.69 Å². The third kappa shape index (κ3) is 1.58. The molecule has 2 heterocycles. The SMILES string of the molecule is Cc1ncccc1-n1ccc2c1CCCC2=O. The second kappa shape index (κ2) is 3.84.